The van der Waals surface area contributed by atoms with Crippen molar-refractivity contribution < 1.29 is 97.9 Å². The standard InChI is InChI=1S/3C18H35NO4.3Ca.2H3O4P/c3*1-2-3-4-5-6-7-8-9-10-11-14-19(15-12-17(20)21)16-13-18(22)23;;;;2*1-5(2,3)4/h3*2-16H2,1H3,(H,20,21)(H,22,23);;;;2*(H3,1,2,3,4)/q;;;3*+2;;/p-6. The summed E-state index contributed by atoms with van der Waals surface area (Å²) in [6, 6.07) is 0. The number of rotatable bonds is 51. The van der Waals surface area contributed by atoms with Crippen LogP contribution in [-0.4, -0.2) is 253 Å². The van der Waals surface area contributed by atoms with Crippen molar-refractivity contribution in [1.82, 2.24) is 14.7 Å². The van der Waals surface area contributed by atoms with Gasteiger partial charge in [-0.1, -0.05) is 194 Å². The Morgan fingerprint density at radius 3 is 0.476 bits per heavy atom. The van der Waals surface area contributed by atoms with E-state index in [1.54, 1.807) is 0 Å². The second-order valence-electron chi connectivity index (χ2n) is 19.8. The van der Waals surface area contributed by atoms with Crippen LogP contribution in [0.25, 0.3) is 0 Å². The molecule has 28 heteroatoms. The topological polar surface area (TPSA) is 406 Å². The number of unbranched alkanes of at least 4 members (excludes halogenated alkanes) is 27. The van der Waals surface area contributed by atoms with Crippen molar-refractivity contribution in [2.45, 2.75) is 252 Å². The normalized spacial score (nSPS) is 10.7. The Hall–Kier alpha value is 0.699. The molecule has 0 radical (unpaired) electrons. The monoisotopic (exact) mass is 1300 g/mol. The number of carbonyl (C=O) groups is 6. The number of nitrogens with zero attached hydrogens (tertiary/aromatic N) is 3. The van der Waals surface area contributed by atoms with Gasteiger partial charge in [0.2, 0.25) is 0 Å². The number of carboxylic acid groups (broad SMARTS) is 6. The maximum atomic E-state index is 10.6. The molecule has 0 rings (SSSR count). The number of hydrogen-bond donors (Lipinski definition) is 6. The van der Waals surface area contributed by atoms with Gasteiger partial charge < -0.3 is 83.8 Å². The Bertz CT molecular complexity index is 1320. The van der Waals surface area contributed by atoms with Crippen LogP contribution >= 0.6 is 15.6 Å². The second-order valence-corrected chi connectivity index (χ2v) is 21.6. The van der Waals surface area contributed by atoms with Crippen molar-refractivity contribution in [1.29, 1.82) is 0 Å². The predicted molar refractivity (Wildman–Crippen MR) is 311 cm³/mol. The fraction of sp³-hybridized carbons (Fsp3) is 0.889. The Labute approximate surface area is 581 Å². The first-order valence-electron chi connectivity index (χ1n) is 29.1. The maximum Gasteiger partial charge on any atom is 2.00 e. The van der Waals surface area contributed by atoms with Gasteiger partial charge in [0, 0.05) is 39.3 Å². The number of phosphoric acid groups is 2. The van der Waals surface area contributed by atoms with Crippen LogP contribution in [0.15, 0.2) is 0 Å². The molecule has 0 aliphatic heterocycles. The van der Waals surface area contributed by atoms with Gasteiger partial charge in [-0.05, 0) is 38.9 Å². The molecular formula is C54H105Ca3N3O20P2. The molecule has 0 aromatic rings. The first kappa shape index (κ1) is 98.9. The van der Waals surface area contributed by atoms with E-state index in [-0.39, 0.29) is 152 Å². The van der Waals surface area contributed by atoms with E-state index in [0.717, 1.165) is 58.2 Å². The minimum Gasteiger partial charge on any atom is -0.822 e. The molecule has 0 fully saturated rings. The summed E-state index contributed by atoms with van der Waals surface area (Å²) in [5, 5.41) is 52.5. The average molecular weight is 1300 g/mol. The molecule has 0 aliphatic rings. The molecule has 0 unspecified atom stereocenters. The molecule has 0 saturated heterocycles. The van der Waals surface area contributed by atoms with Crippen molar-refractivity contribution in [3.8, 4) is 0 Å². The van der Waals surface area contributed by atoms with Gasteiger partial charge in [0.1, 0.15) is 0 Å². The fourth-order valence-electron chi connectivity index (χ4n) is 8.00. The Morgan fingerprint density at radius 2 is 0.366 bits per heavy atom. The minimum atomic E-state index is -5.39. The predicted octanol–water partition coefficient (Wildman–Crippen LogP) is 5.68. The molecule has 0 saturated carbocycles. The first-order valence-corrected chi connectivity index (χ1v) is 32.0. The van der Waals surface area contributed by atoms with Crippen molar-refractivity contribution in [2.24, 2.45) is 0 Å². The summed E-state index contributed by atoms with van der Waals surface area (Å²) in [6.07, 6.45) is 38.5. The summed E-state index contributed by atoms with van der Waals surface area (Å²) >= 11 is 0. The van der Waals surface area contributed by atoms with Gasteiger partial charge in [-0.2, -0.15) is 15.6 Å². The van der Waals surface area contributed by atoms with Gasteiger partial charge in [-0.3, -0.25) is 28.8 Å². The molecule has 0 heterocycles. The zero-order valence-corrected chi connectivity index (χ0v) is 59.0. The Kier molecular flexibility index (Phi) is 89.5. The van der Waals surface area contributed by atoms with Crippen LogP contribution in [0.2, 0.25) is 0 Å². The van der Waals surface area contributed by atoms with Crippen LogP contribution < -0.4 is 29.4 Å². The molecule has 0 aromatic heterocycles. The van der Waals surface area contributed by atoms with Crippen molar-refractivity contribution in [2.75, 3.05) is 58.9 Å². The molecule has 23 nitrogen and oxygen atoms in total. The summed E-state index contributed by atoms with van der Waals surface area (Å²) < 4.78 is 17.1. The molecular weight excluding hydrogens is 1190 g/mol. The van der Waals surface area contributed by atoms with Crippen LogP contribution in [0.4, 0.5) is 0 Å². The number of hydrogen-bond acceptors (Lipinski definition) is 17. The fourth-order valence-corrected chi connectivity index (χ4v) is 8.00. The van der Waals surface area contributed by atoms with Gasteiger partial charge in [-0.15, -0.1) is 0 Å². The van der Waals surface area contributed by atoms with Gasteiger partial charge in [0.15, 0.2) is 0 Å². The Balaban J connectivity index is -0.000000151. The Morgan fingerprint density at radius 1 is 0.256 bits per heavy atom. The summed E-state index contributed by atoms with van der Waals surface area (Å²) in [6.45, 7) is 11.8. The molecule has 0 atom stereocenters. The van der Waals surface area contributed by atoms with E-state index in [1.807, 2.05) is 14.7 Å². The molecule has 82 heavy (non-hydrogen) atoms. The smallest absolute Gasteiger partial charge is 0.822 e. The average Bonchev–Trinajstić information content (AvgIpc) is 3.34. The second kappa shape index (κ2) is 74.2. The number of aliphatic carboxylic acids is 6. The van der Waals surface area contributed by atoms with E-state index in [0.29, 0.717) is 39.3 Å². The van der Waals surface area contributed by atoms with Gasteiger partial charge in [-0.25, -0.2) is 0 Å². The largest absolute Gasteiger partial charge is 2.00 e. The molecule has 0 amide bonds. The molecule has 0 bridgehead atoms. The third-order valence-corrected chi connectivity index (χ3v) is 12.3. The van der Waals surface area contributed by atoms with Gasteiger partial charge in [0.25, 0.3) is 0 Å². The molecule has 0 spiro atoms. The van der Waals surface area contributed by atoms with E-state index in [2.05, 4.69) is 20.8 Å². The molecule has 0 aromatic carbocycles. The molecule has 6 N–H and O–H groups in total. The summed E-state index contributed by atoms with van der Waals surface area (Å²) in [7, 11) is -10.8. The van der Waals surface area contributed by atoms with Crippen LogP contribution in [-0.2, 0) is 37.9 Å². The van der Waals surface area contributed by atoms with Crippen LogP contribution in [0.5, 0.6) is 0 Å². The molecule has 472 valence electrons. The van der Waals surface area contributed by atoms with Gasteiger partial charge in [0.05, 0.1) is 38.5 Å². The molecule has 0 aliphatic carbocycles. The first-order chi connectivity index (χ1) is 37.2. The van der Waals surface area contributed by atoms with Crippen LogP contribution in [0.1, 0.15) is 252 Å². The van der Waals surface area contributed by atoms with Crippen LogP contribution in [0, 0.1) is 0 Å². The van der Waals surface area contributed by atoms with E-state index < -0.39 is 51.5 Å². The zero-order chi connectivity index (χ0) is 61.0. The summed E-state index contributed by atoms with van der Waals surface area (Å²) in [5.41, 5.74) is 0. The van der Waals surface area contributed by atoms with E-state index in [1.165, 1.54) is 154 Å². The maximum absolute atomic E-state index is 10.6. The minimum absolute atomic E-state index is 0. The third kappa shape index (κ3) is 115. The summed E-state index contributed by atoms with van der Waals surface area (Å²) in [5.74, 6) is -4.95. The van der Waals surface area contributed by atoms with E-state index in [9.17, 15) is 28.8 Å². The zero-order valence-electron chi connectivity index (χ0n) is 50.6. The van der Waals surface area contributed by atoms with Crippen molar-refractivity contribution >= 4 is 165 Å². The summed E-state index contributed by atoms with van der Waals surface area (Å²) in [4.78, 5) is 121. The SMILES string of the molecule is CCCCCCCCCCCCN(CCC(=O)O)CCC(=O)O.CCCCCCCCCCCCN(CCC(=O)O)CCC(=O)O.CCCCCCCCCCCCN(CCC(=O)O)CCC(=O)O.O=P([O-])([O-])[O-].O=P([O-])([O-])[O-].[Ca+2].[Ca+2].[Ca+2]. The van der Waals surface area contributed by atoms with Crippen molar-refractivity contribution in [3.63, 3.8) is 0 Å². The van der Waals surface area contributed by atoms with Gasteiger partial charge >= 0.3 is 149 Å². The quantitative estimate of drug-likeness (QED) is 0.0242. The van der Waals surface area contributed by atoms with Crippen LogP contribution in [0.3, 0.4) is 0 Å². The number of carboxylic acids is 6. The van der Waals surface area contributed by atoms with E-state index in [4.69, 9.17) is 69.1 Å². The van der Waals surface area contributed by atoms with Crippen molar-refractivity contribution in [3.05, 3.63) is 0 Å². The third-order valence-electron chi connectivity index (χ3n) is 12.3. The van der Waals surface area contributed by atoms with E-state index >= 15 is 0 Å².